The largest absolute Gasteiger partial charge is 0.482 e. The predicted octanol–water partition coefficient (Wildman–Crippen LogP) is 1.44. The molecule has 5 atom stereocenters. The molecule has 27 heavy (non-hydrogen) atoms. The summed E-state index contributed by atoms with van der Waals surface area (Å²) in [6.45, 7) is 1.23. The number of aliphatic hydroxyl groups excluding tert-OH is 1. The first-order chi connectivity index (χ1) is 13.3. The molecule has 2 N–H and O–H groups in total. The van der Waals surface area contributed by atoms with Crippen molar-refractivity contribution in [3.63, 3.8) is 0 Å². The van der Waals surface area contributed by atoms with Crippen LogP contribution in [-0.4, -0.2) is 49.2 Å². The van der Waals surface area contributed by atoms with Crippen LogP contribution >= 0.6 is 0 Å². The summed E-state index contributed by atoms with van der Waals surface area (Å²) in [6.07, 6.45) is -2.13. The first-order valence-corrected chi connectivity index (χ1v) is 9.07. The number of hydrogen-bond donors (Lipinski definition) is 2. The van der Waals surface area contributed by atoms with E-state index in [0.717, 1.165) is 17.1 Å². The lowest BCUT2D eigenvalue weighted by molar-refractivity contribution is -0.193. The fourth-order valence-corrected chi connectivity index (χ4v) is 3.71. The molecule has 0 aliphatic carbocycles. The number of aliphatic hydroxyl groups is 1. The summed E-state index contributed by atoms with van der Waals surface area (Å²) in [5.41, 5.74) is 1.04. The van der Waals surface area contributed by atoms with E-state index in [4.69, 9.17) is 23.7 Å². The molecule has 3 aliphatic rings. The number of rotatable bonds is 5. The minimum atomic E-state index is -0.759. The van der Waals surface area contributed by atoms with Gasteiger partial charge in [0, 0.05) is 6.54 Å². The molecule has 2 fully saturated rings. The number of fused-ring (bicyclic) bond motifs is 3. The van der Waals surface area contributed by atoms with Gasteiger partial charge in [0.05, 0.1) is 12.6 Å². The lowest BCUT2D eigenvalue weighted by atomic mass is 9.97. The molecule has 0 spiro atoms. The van der Waals surface area contributed by atoms with Crippen LogP contribution in [0.1, 0.15) is 5.56 Å². The van der Waals surface area contributed by atoms with E-state index in [0.29, 0.717) is 18.9 Å². The molecule has 3 heterocycles. The van der Waals surface area contributed by atoms with Crippen LogP contribution in [0.25, 0.3) is 0 Å². The fraction of sp³-hybridized carbons (Fsp3) is 0.400. The highest BCUT2D eigenvalue weighted by Crippen LogP contribution is 2.34. The van der Waals surface area contributed by atoms with E-state index in [1.165, 1.54) is 0 Å². The van der Waals surface area contributed by atoms with Crippen molar-refractivity contribution in [1.82, 2.24) is 5.32 Å². The number of ether oxygens (including phenoxy) is 5. The summed E-state index contributed by atoms with van der Waals surface area (Å²) >= 11 is 0. The Kier molecular flexibility index (Phi) is 4.37. The highest BCUT2D eigenvalue weighted by molar-refractivity contribution is 5.44. The normalized spacial score (nSPS) is 31.1. The Balaban J connectivity index is 1.28. The third kappa shape index (κ3) is 3.23. The number of para-hydroxylation sites is 1. The molecule has 0 amide bonds. The molecule has 3 aliphatic heterocycles. The van der Waals surface area contributed by atoms with Gasteiger partial charge in [0.2, 0.25) is 6.79 Å². The van der Waals surface area contributed by atoms with Crippen LogP contribution in [0.2, 0.25) is 0 Å². The molecule has 2 aromatic rings. The van der Waals surface area contributed by atoms with Crippen LogP contribution in [0, 0.1) is 0 Å². The number of nitrogens with one attached hydrogen (secondary N) is 1. The van der Waals surface area contributed by atoms with Crippen molar-refractivity contribution >= 4 is 0 Å². The second kappa shape index (κ2) is 7.01. The third-order valence-corrected chi connectivity index (χ3v) is 5.10. The first-order valence-electron chi connectivity index (χ1n) is 9.07. The van der Waals surface area contributed by atoms with Crippen molar-refractivity contribution in [2.75, 3.05) is 13.4 Å². The molecule has 2 saturated heterocycles. The molecule has 2 bridgehead atoms. The van der Waals surface area contributed by atoms with E-state index in [1.807, 2.05) is 48.5 Å². The van der Waals surface area contributed by atoms with Gasteiger partial charge in [0.1, 0.15) is 18.0 Å². The summed E-state index contributed by atoms with van der Waals surface area (Å²) in [5.74, 6) is 2.17. The summed E-state index contributed by atoms with van der Waals surface area (Å²) in [6, 6.07) is 14.9. The number of benzene rings is 2. The Morgan fingerprint density at radius 1 is 1.07 bits per heavy atom. The van der Waals surface area contributed by atoms with Gasteiger partial charge in [0.25, 0.3) is 0 Å². The van der Waals surface area contributed by atoms with Crippen LogP contribution < -0.4 is 19.5 Å². The zero-order valence-electron chi connectivity index (χ0n) is 14.6. The van der Waals surface area contributed by atoms with Gasteiger partial charge >= 0.3 is 0 Å². The SMILES string of the molecule is O[C@H]1[C@H](NCc2ccc3c(c2)OCO3)[C@@H]2CO[C@H](O2)[C@H]1Oc1ccccc1. The zero-order valence-corrected chi connectivity index (χ0v) is 14.6. The maximum absolute atomic E-state index is 10.9. The summed E-state index contributed by atoms with van der Waals surface area (Å²) < 4.78 is 28.3. The molecule has 0 radical (unpaired) electrons. The van der Waals surface area contributed by atoms with Gasteiger partial charge in [-0.1, -0.05) is 24.3 Å². The molecule has 0 aromatic heterocycles. The van der Waals surface area contributed by atoms with E-state index < -0.39 is 18.5 Å². The molecule has 5 rings (SSSR count). The zero-order chi connectivity index (χ0) is 18.2. The molecule has 2 aromatic carbocycles. The van der Waals surface area contributed by atoms with Gasteiger partial charge in [-0.25, -0.2) is 0 Å². The smallest absolute Gasteiger partial charge is 0.231 e. The summed E-state index contributed by atoms with van der Waals surface area (Å²) in [7, 11) is 0. The van der Waals surface area contributed by atoms with Crippen molar-refractivity contribution in [3.05, 3.63) is 54.1 Å². The molecule has 0 saturated carbocycles. The summed E-state index contributed by atoms with van der Waals surface area (Å²) in [5, 5.41) is 14.3. The predicted molar refractivity (Wildman–Crippen MR) is 94.7 cm³/mol. The monoisotopic (exact) mass is 371 g/mol. The lowest BCUT2D eigenvalue weighted by Crippen LogP contribution is -2.61. The Morgan fingerprint density at radius 2 is 1.93 bits per heavy atom. The average Bonchev–Trinajstić information content (AvgIpc) is 3.34. The molecular weight excluding hydrogens is 350 g/mol. The Labute approximate surface area is 156 Å². The molecule has 7 nitrogen and oxygen atoms in total. The van der Waals surface area contributed by atoms with E-state index in [1.54, 1.807) is 0 Å². The van der Waals surface area contributed by atoms with Crippen molar-refractivity contribution < 1.29 is 28.8 Å². The van der Waals surface area contributed by atoms with Gasteiger partial charge in [0.15, 0.2) is 23.9 Å². The fourth-order valence-electron chi connectivity index (χ4n) is 3.71. The minimum Gasteiger partial charge on any atom is -0.482 e. The van der Waals surface area contributed by atoms with Crippen molar-refractivity contribution in [1.29, 1.82) is 0 Å². The van der Waals surface area contributed by atoms with Crippen LogP contribution in [-0.2, 0) is 16.0 Å². The van der Waals surface area contributed by atoms with Crippen LogP contribution in [0.4, 0.5) is 0 Å². The first kappa shape index (κ1) is 16.8. The topological polar surface area (TPSA) is 78.4 Å². The van der Waals surface area contributed by atoms with Crippen LogP contribution in [0.5, 0.6) is 17.2 Å². The van der Waals surface area contributed by atoms with Gasteiger partial charge in [-0.05, 0) is 29.8 Å². The Bertz CT molecular complexity index is 800. The second-order valence-electron chi connectivity index (χ2n) is 6.86. The molecular formula is C20H21NO6. The van der Waals surface area contributed by atoms with Crippen LogP contribution in [0.3, 0.4) is 0 Å². The van der Waals surface area contributed by atoms with Gasteiger partial charge < -0.3 is 34.1 Å². The van der Waals surface area contributed by atoms with Crippen molar-refractivity contribution in [2.45, 2.75) is 37.2 Å². The van der Waals surface area contributed by atoms with E-state index in [-0.39, 0.29) is 18.9 Å². The summed E-state index contributed by atoms with van der Waals surface area (Å²) in [4.78, 5) is 0. The average molecular weight is 371 g/mol. The van der Waals surface area contributed by atoms with E-state index in [2.05, 4.69) is 5.32 Å². The molecule has 7 heteroatoms. The number of hydrogen-bond acceptors (Lipinski definition) is 7. The maximum atomic E-state index is 10.9. The lowest BCUT2D eigenvalue weighted by Gasteiger charge is -2.38. The van der Waals surface area contributed by atoms with Gasteiger partial charge in [-0.2, -0.15) is 0 Å². The quantitative estimate of drug-likeness (QED) is 0.823. The van der Waals surface area contributed by atoms with Crippen molar-refractivity contribution in [2.24, 2.45) is 0 Å². The molecule has 142 valence electrons. The standard InChI is InChI=1S/C20H21NO6/c22-18-17(21-9-12-6-7-14-15(8-12)25-11-24-14)16-10-23-20(27-16)19(18)26-13-4-2-1-3-5-13/h1-8,16-22H,9-11H2/t16-,17+,18-,19-,20+/m0/s1. The minimum absolute atomic E-state index is 0.213. The van der Waals surface area contributed by atoms with Crippen LogP contribution in [0.15, 0.2) is 48.5 Å². The highest BCUT2D eigenvalue weighted by Gasteiger charge is 2.51. The Hall–Kier alpha value is -2.32. The highest BCUT2D eigenvalue weighted by atomic mass is 16.7. The molecule has 0 unspecified atom stereocenters. The van der Waals surface area contributed by atoms with Crippen molar-refractivity contribution in [3.8, 4) is 17.2 Å². The van der Waals surface area contributed by atoms with E-state index >= 15 is 0 Å². The third-order valence-electron chi connectivity index (χ3n) is 5.10. The second-order valence-corrected chi connectivity index (χ2v) is 6.86. The maximum Gasteiger partial charge on any atom is 0.231 e. The van der Waals surface area contributed by atoms with E-state index in [9.17, 15) is 5.11 Å². The van der Waals surface area contributed by atoms with Gasteiger partial charge in [-0.15, -0.1) is 0 Å². The Morgan fingerprint density at radius 3 is 2.81 bits per heavy atom. The van der Waals surface area contributed by atoms with Gasteiger partial charge in [-0.3, -0.25) is 0 Å².